The van der Waals surface area contributed by atoms with Crippen LogP contribution in [0.5, 0.6) is 0 Å². The van der Waals surface area contributed by atoms with Crippen molar-refractivity contribution in [1.82, 2.24) is 0 Å². The Labute approximate surface area is 189 Å². The van der Waals surface area contributed by atoms with Crippen LogP contribution in [-0.2, 0) is 32.7 Å². The number of aryl methyl sites for hydroxylation is 1. The normalized spacial score (nSPS) is 11.5. The second-order valence-electron chi connectivity index (χ2n) is 8.66. The summed E-state index contributed by atoms with van der Waals surface area (Å²) in [7, 11) is 9.87. The molecule has 0 unspecified atom stereocenters. The van der Waals surface area contributed by atoms with Crippen molar-refractivity contribution in [2.75, 3.05) is 0 Å². The molecule has 0 fully saturated rings. The van der Waals surface area contributed by atoms with Crippen LogP contribution in [0.25, 0.3) is 21.9 Å². The van der Waals surface area contributed by atoms with E-state index in [1.165, 1.54) is 45.0 Å². The monoisotopic (exact) mass is 491 g/mol. The van der Waals surface area contributed by atoms with Crippen molar-refractivity contribution in [3.05, 3.63) is 65.2 Å². The summed E-state index contributed by atoms with van der Waals surface area (Å²) in [5, 5.41) is 2.79. The van der Waals surface area contributed by atoms with Crippen molar-refractivity contribution < 1.29 is 20.8 Å². The summed E-state index contributed by atoms with van der Waals surface area (Å²) < 4.78 is 0. The van der Waals surface area contributed by atoms with Gasteiger partial charge in [-0.1, -0.05) is 83.4 Å². The summed E-state index contributed by atoms with van der Waals surface area (Å²) in [5.41, 5.74) is 7.41. The number of benzene rings is 2. The first kappa shape index (κ1) is 23.8. The molecule has 3 heteroatoms. The standard InChI is InChI=1S/C25H31.2ClH.Zr/c1-7-10-18-13-14-19-15-20(25(4,5)6)16-23(19)24(18)22-12-9-8-11-21(22)17(2)3;;;/h8-9,11-17H,7,10H2,1-6H3;2*1H;/q-1;;;+2/p-2. The second kappa shape index (κ2) is 10.5. The van der Waals surface area contributed by atoms with Crippen LogP contribution in [0.3, 0.4) is 0 Å². The Balaban J connectivity index is 0.000000878. The van der Waals surface area contributed by atoms with Gasteiger partial charge in [-0.2, -0.15) is 6.07 Å². The van der Waals surface area contributed by atoms with Gasteiger partial charge in [0.15, 0.2) is 0 Å². The van der Waals surface area contributed by atoms with E-state index in [2.05, 4.69) is 90.1 Å². The second-order valence-corrected chi connectivity index (χ2v) is 12.4. The van der Waals surface area contributed by atoms with Crippen LogP contribution in [0, 0.1) is 0 Å². The fraction of sp³-hybridized carbons (Fsp3) is 0.400. The quantitative estimate of drug-likeness (QED) is 0.318. The van der Waals surface area contributed by atoms with Gasteiger partial charge in [0.2, 0.25) is 0 Å². The molecule has 150 valence electrons. The third-order valence-corrected chi connectivity index (χ3v) is 5.21. The van der Waals surface area contributed by atoms with Crippen molar-refractivity contribution in [3.8, 4) is 11.1 Å². The van der Waals surface area contributed by atoms with Gasteiger partial charge in [-0.3, -0.25) is 0 Å². The maximum atomic E-state index is 4.93. The van der Waals surface area contributed by atoms with Crippen LogP contribution in [0.15, 0.2) is 48.5 Å². The fourth-order valence-corrected chi connectivity index (χ4v) is 3.78. The summed E-state index contributed by atoms with van der Waals surface area (Å²) in [4.78, 5) is 0. The minimum absolute atomic E-state index is 0.179. The van der Waals surface area contributed by atoms with Gasteiger partial charge < -0.3 is 0 Å². The molecular weight excluding hydrogens is 462 g/mol. The number of fused-ring (bicyclic) bond motifs is 1. The maximum absolute atomic E-state index is 4.93. The Bertz CT molecular complexity index is 901. The van der Waals surface area contributed by atoms with Gasteiger partial charge in [0.25, 0.3) is 0 Å². The summed E-state index contributed by atoms with van der Waals surface area (Å²) in [6.07, 6.45) is 2.31. The van der Waals surface area contributed by atoms with Crippen LogP contribution >= 0.6 is 17.0 Å². The van der Waals surface area contributed by atoms with Crippen LogP contribution < -0.4 is 0 Å². The van der Waals surface area contributed by atoms with Crippen molar-refractivity contribution in [2.24, 2.45) is 0 Å². The third-order valence-electron chi connectivity index (χ3n) is 5.21. The fourth-order valence-electron chi connectivity index (χ4n) is 3.78. The molecule has 0 nitrogen and oxygen atoms in total. The molecule has 3 rings (SSSR count). The Morgan fingerprint density at radius 1 is 1.04 bits per heavy atom. The molecule has 3 aromatic rings. The molecule has 0 aliphatic carbocycles. The SMILES string of the molecule is CCCc1ccc2[cH-]c(C(C)(C)C)cc2c1-c1ccccc1C(C)C.[Cl][Zr][Cl]. The predicted molar refractivity (Wildman–Crippen MR) is 123 cm³/mol. The number of hydrogen-bond acceptors (Lipinski definition) is 0. The van der Waals surface area contributed by atoms with E-state index in [0.29, 0.717) is 5.92 Å². The van der Waals surface area contributed by atoms with Gasteiger partial charge in [-0.15, -0.1) is 34.5 Å². The molecule has 0 aliphatic rings. The van der Waals surface area contributed by atoms with Gasteiger partial charge in [0.05, 0.1) is 0 Å². The summed E-state index contributed by atoms with van der Waals surface area (Å²) in [6.45, 7) is 13.8. The average Bonchev–Trinajstić information content (AvgIpc) is 3.07. The zero-order valence-corrected chi connectivity index (χ0v) is 21.8. The number of rotatable bonds is 4. The summed E-state index contributed by atoms with van der Waals surface area (Å²) >= 11 is -0.826. The average molecular weight is 494 g/mol. The molecule has 28 heavy (non-hydrogen) atoms. The van der Waals surface area contributed by atoms with Crippen molar-refractivity contribution in [1.29, 1.82) is 0 Å². The zero-order chi connectivity index (χ0) is 20.9. The Morgan fingerprint density at radius 3 is 2.25 bits per heavy atom. The summed E-state index contributed by atoms with van der Waals surface area (Å²) in [6, 6.07) is 18.4. The minimum atomic E-state index is -0.826. The predicted octanol–water partition coefficient (Wildman–Crippen LogP) is 8.98. The molecule has 0 spiro atoms. The van der Waals surface area contributed by atoms with Crippen LogP contribution in [-0.4, -0.2) is 0 Å². The van der Waals surface area contributed by atoms with Crippen LogP contribution in [0.2, 0.25) is 0 Å². The van der Waals surface area contributed by atoms with E-state index in [0.717, 1.165) is 6.42 Å². The molecule has 0 aliphatic heterocycles. The first-order valence-corrected chi connectivity index (χ1v) is 16.4. The molecule has 0 N–H and O–H groups in total. The Morgan fingerprint density at radius 2 is 1.68 bits per heavy atom. The molecular formula is C25H31Cl2Zr-. The van der Waals surface area contributed by atoms with Crippen molar-refractivity contribution in [3.63, 3.8) is 0 Å². The van der Waals surface area contributed by atoms with E-state index >= 15 is 0 Å². The molecule has 0 atom stereocenters. The molecule has 0 bridgehead atoms. The third kappa shape index (κ3) is 5.56. The number of hydrogen-bond donors (Lipinski definition) is 0. The first-order chi connectivity index (χ1) is 13.2. The molecule has 0 heterocycles. The molecule has 3 aromatic carbocycles. The van der Waals surface area contributed by atoms with E-state index in [4.69, 9.17) is 17.0 Å². The molecule has 0 amide bonds. The molecule has 0 radical (unpaired) electrons. The molecule has 0 saturated heterocycles. The zero-order valence-electron chi connectivity index (χ0n) is 17.9. The van der Waals surface area contributed by atoms with Crippen molar-refractivity contribution in [2.45, 2.75) is 65.7 Å². The number of halogens is 2. The van der Waals surface area contributed by atoms with Gasteiger partial charge in [-0.05, 0) is 28.9 Å². The van der Waals surface area contributed by atoms with Crippen molar-refractivity contribution >= 4 is 27.8 Å². The van der Waals surface area contributed by atoms with Gasteiger partial charge >= 0.3 is 37.9 Å². The topological polar surface area (TPSA) is 0 Å². The van der Waals surface area contributed by atoms with Gasteiger partial charge in [0.1, 0.15) is 0 Å². The van der Waals surface area contributed by atoms with E-state index < -0.39 is 20.8 Å². The Kier molecular flexibility index (Phi) is 8.93. The van der Waals surface area contributed by atoms with Crippen LogP contribution in [0.4, 0.5) is 0 Å². The van der Waals surface area contributed by atoms with Gasteiger partial charge in [-0.25, -0.2) is 0 Å². The van der Waals surface area contributed by atoms with E-state index in [9.17, 15) is 0 Å². The summed E-state index contributed by atoms with van der Waals surface area (Å²) in [5.74, 6) is 0.526. The Hall–Kier alpha value is -0.487. The first-order valence-electron chi connectivity index (χ1n) is 10.0. The van der Waals surface area contributed by atoms with Gasteiger partial charge in [0, 0.05) is 0 Å². The molecule has 0 aromatic heterocycles. The van der Waals surface area contributed by atoms with Crippen LogP contribution in [0.1, 0.15) is 70.6 Å². The van der Waals surface area contributed by atoms with E-state index in [1.54, 1.807) is 0 Å². The van der Waals surface area contributed by atoms with E-state index in [-0.39, 0.29) is 5.41 Å². The molecule has 0 saturated carbocycles. The van der Waals surface area contributed by atoms with E-state index in [1.807, 2.05) is 0 Å².